The minimum Gasteiger partial charge on any atom is -0.377 e. The molecule has 0 bridgehead atoms. The minimum atomic E-state index is -0.605. The molecule has 2 N–H and O–H groups in total. The van der Waals surface area contributed by atoms with E-state index in [-0.39, 0.29) is 12.0 Å². The molecule has 4 heteroatoms. The molecule has 1 saturated carbocycles. The Labute approximate surface area is 98.1 Å². The van der Waals surface area contributed by atoms with Crippen molar-refractivity contribution in [2.24, 2.45) is 5.73 Å². The second-order valence-electron chi connectivity index (χ2n) is 5.01. The molecule has 0 radical (unpaired) electrons. The lowest BCUT2D eigenvalue weighted by Gasteiger charge is -2.28. The van der Waals surface area contributed by atoms with E-state index in [2.05, 4.69) is 0 Å². The second kappa shape index (κ2) is 5.64. The largest absolute Gasteiger partial charge is 0.377 e. The molecule has 1 aliphatic rings. The summed E-state index contributed by atoms with van der Waals surface area (Å²) in [5.41, 5.74) is 5.50. The zero-order valence-electron chi connectivity index (χ0n) is 10.7. The summed E-state index contributed by atoms with van der Waals surface area (Å²) in [4.78, 5) is 13.8. The molecular weight excluding hydrogens is 204 g/mol. The van der Waals surface area contributed by atoms with E-state index in [1.54, 1.807) is 11.9 Å². The van der Waals surface area contributed by atoms with Gasteiger partial charge in [0.1, 0.15) is 0 Å². The van der Waals surface area contributed by atoms with Gasteiger partial charge in [-0.15, -0.1) is 0 Å². The van der Waals surface area contributed by atoms with Crippen LogP contribution in [0.4, 0.5) is 0 Å². The van der Waals surface area contributed by atoms with Gasteiger partial charge in [0.15, 0.2) is 0 Å². The minimum absolute atomic E-state index is 0.0670. The third-order valence-corrected chi connectivity index (χ3v) is 3.15. The highest BCUT2D eigenvalue weighted by atomic mass is 16.5. The number of rotatable bonds is 5. The molecular formula is C12H24N2O2. The van der Waals surface area contributed by atoms with Gasteiger partial charge in [0.2, 0.25) is 5.91 Å². The highest BCUT2D eigenvalue weighted by Crippen LogP contribution is 2.28. The summed E-state index contributed by atoms with van der Waals surface area (Å²) in [5, 5.41) is 0. The summed E-state index contributed by atoms with van der Waals surface area (Å²) in [6.07, 6.45) is 3.99. The third-order valence-electron chi connectivity index (χ3n) is 3.15. The molecule has 0 aromatic heterocycles. The van der Waals surface area contributed by atoms with Gasteiger partial charge in [0, 0.05) is 13.6 Å². The summed E-state index contributed by atoms with van der Waals surface area (Å²) < 4.78 is 5.42. The van der Waals surface area contributed by atoms with Crippen LogP contribution >= 0.6 is 0 Å². The Morgan fingerprint density at radius 3 is 2.50 bits per heavy atom. The molecule has 1 amide bonds. The van der Waals surface area contributed by atoms with Crippen LogP contribution in [0.2, 0.25) is 0 Å². The molecule has 1 rings (SSSR count). The summed E-state index contributed by atoms with van der Waals surface area (Å²) in [6.45, 7) is 5.18. The molecule has 94 valence electrons. The molecule has 1 aliphatic carbocycles. The van der Waals surface area contributed by atoms with Crippen LogP contribution in [0, 0.1) is 0 Å². The Balaban J connectivity index is 2.35. The molecule has 0 aromatic rings. The maximum absolute atomic E-state index is 12.1. The van der Waals surface area contributed by atoms with Gasteiger partial charge in [-0.1, -0.05) is 12.8 Å². The lowest BCUT2D eigenvalue weighted by molar-refractivity contribution is -0.136. The van der Waals surface area contributed by atoms with Crippen LogP contribution in [0.1, 0.15) is 39.5 Å². The fourth-order valence-corrected chi connectivity index (χ4v) is 2.13. The van der Waals surface area contributed by atoms with Crippen LogP contribution in [0.5, 0.6) is 0 Å². The lowest BCUT2D eigenvalue weighted by Crippen LogP contribution is -2.53. The normalized spacial score (nSPS) is 19.1. The van der Waals surface area contributed by atoms with Crippen molar-refractivity contribution in [3.8, 4) is 0 Å². The fraction of sp³-hybridized carbons (Fsp3) is 0.917. The van der Waals surface area contributed by atoms with Crippen LogP contribution in [0.25, 0.3) is 0 Å². The van der Waals surface area contributed by atoms with Gasteiger partial charge in [-0.3, -0.25) is 4.79 Å². The molecule has 0 unspecified atom stereocenters. The Hall–Kier alpha value is -0.610. The smallest absolute Gasteiger partial charge is 0.242 e. The molecule has 0 aliphatic heterocycles. The molecule has 16 heavy (non-hydrogen) atoms. The molecule has 1 fully saturated rings. The van der Waals surface area contributed by atoms with Gasteiger partial charge in [0.05, 0.1) is 18.2 Å². The third kappa shape index (κ3) is 3.46. The number of ether oxygens (including phenoxy) is 1. The molecule has 0 spiro atoms. The average molecular weight is 228 g/mol. The van der Waals surface area contributed by atoms with Crippen molar-refractivity contribution in [1.29, 1.82) is 0 Å². The van der Waals surface area contributed by atoms with E-state index in [4.69, 9.17) is 10.5 Å². The average Bonchev–Trinajstić information content (AvgIpc) is 2.64. The van der Waals surface area contributed by atoms with Crippen LogP contribution in [0.3, 0.4) is 0 Å². The van der Waals surface area contributed by atoms with E-state index < -0.39 is 5.54 Å². The predicted molar refractivity (Wildman–Crippen MR) is 64.1 cm³/mol. The van der Waals surface area contributed by atoms with Crippen molar-refractivity contribution >= 4 is 5.91 Å². The number of likely N-dealkylation sites (N-methyl/N-ethyl adjacent to an activating group) is 1. The van der Waals surface area contributed by atoms with Crippen molar-refractivity contribution in [3.63, 3.8) is 0 Å². The van der Waals surface area contributed by atoms with Crippen molar-refractivity contribution in [2.75, 3.05) is 20.2 Å². The maximum atomic E-state index is 12.1. The summed E-state index contributed by atoms with van der Waals surface area (Å²) in [6, 6.07) is 0. The van der Waals surface area contributed by atoms with Gasteiger partial charge in [0.25, 0.3) is 0 Å². The molecule has 0 atom stereocenters. The monoisotopic (exact) mass is 228 g/mol. The van der Waals surface area contributed by atoms with Gasteiger partial charge in [-0.25, -0.2) is 0 Å². The Morgan fingerprint density at radius 2 is 2.00 bits per heavy atom. The van der Waals surface area contributed by atoms with Gasteiger partial charge in [-0.05, 0) is 26.7 Å². The first-order chi connectivity index (χ1) is 7.46. The number of nitrogens with zero attached hydrogens (tertiary/aromatic N) is 1. The van der Waals surface area contributed by atoms with E-state index in [1.165, 1.54) is 0 Å². The highest BCUT2D eigenvalue weighted by molar-refractivity contribution is 5.86. The quantitative estimate of drug-likeness (QED) is 0.767. The Kier molecular flexibility index (Phi) is 4.74. The van der Waals surface area contributed by atoms with Crippen LogP contribution in [0.15, 0.2) is 0 Å². The number of hydrogen-bond acceptors (Lipinski definition) is 3. The highest BCUT2D eigenvalue weighted by Gasteiger charge is 2.38. The lowest BCUT2D eigenvalue weighted by atomic mass is 9.97. The molecule has 4 nitrogen and oxygen atoms in total. The zero-order valence-corrected chi connectivity index (χ0v) is 10.7. The van der Waals surface area contributed by atoms with E-state index in [9.17, 15) is 4.79 Å². The zero-order chi connectivity index (χ0) is 12.2. The van der Waals surface area contributed by atoms with Gasteiger partial charge in [-0.2, -0.15) is 0 Å². The Morgan fingerprint density at radius 1 is 1.44 bits per heavy atom. The number of nitrogens with two attached hydrogens (primary N) is 1. The number of hydrogen-bond donors (Lipinski definition) is 1. The number of carbonyl (C=O) groups excluding carboxylic acids is 1. The van der Waals surface area contributed by atoms with Gasteiger partial charge >= 0.3 is 0 Å². The van der Waals surface area contributed by atoms with E-state index in [0.29, 0.717) is 13.2 Å². The maximum Gasteiger partial charge on any atom is 0.242 e. The van der Waals surface area contributed by atoms with Crippen molar-refractivity contribution < 1.29 is 9.53 Å². The summed E-state index contributed by atoms with van der Waals surface area (Å²) >= 11 is 0. The van der Waals surface area contributed by atoms with E-state index in [0.717, 1.165) is 25.7 Å². The van der Waals surface area contributed by atoms with Crippen LogP contribution in [-0.2, 0) is 9.53 Å². The van der Waals surface area contributed by atoms with Crippen LogP contribution < -0.4 is 5.73 Å². The fourth-order valence-electron chi connectivity index (χ4n) is 2.13. The van der Waals surface area contributed by atoms with E-state index in [1.807, 2.05) is 13.8 Å². The number of amides is 1. The number of carbonyl (C=O) groups is 1. The first-order valence-electron chi connectivity index (χ1n) is 6.12. The van der Waals surface area contributed by atoms with Crippen molar-refractivity contribution in [3.05, 3.63) is 0 Å². The molecule has 0 heterocycles. The second-order valence-corrected chi connectivity index (χ2v) is 5.01. The SMILES string of the molecule is CC(C)OCCN(C)C(=O)C1(N)CCCC1. The molecule has 0 saturated heterocycles. The first kappa shape index (κ1) is 13.5. The molecule has 0 aromatic carbocycles. The topological polar surface area (TPSA) is 55.6 Å². The predicted octanol–water partition coefficient (Wildman–Crippen LogP) is 1.14. The first-order valence-corrected chi connectivity index (χ1v) is 6.12. The van der Waals surface area contributed by atoms with E-state index >= 15 is 0 Å². The Bertz CT molecular complexity index is 235. The van der Waals surface area contributed by atoms with Crippen LogP contribution in [-0.4, -0.2) is 42.6 Å². The van der Waals surface area contributed by atoms with Gasteiger partial charge < -0.3 is 15.4 Å². The van der Waals surface area contributed by atoms with Crippen molar-refractivity contribution in [1.82, 2.24) is 4.90 Å². The summed E-state index contributed by atoms with van der Waals surface area (Å²) in [5.74, 6) is 0.0670. The van der Waals surface area contributed by atoms with Crippen molar-refractivity contribution in [2.45, 2.75) is 51.2 Å². The summed E-state index contributed by atoms with van der Waals surface area (Å²) in [7, 11) is 1.80. The standard InChI is InChI=1S/C12H24N2O2/c1-10(2)16-9-8-14(3)11(15)12(13)6-4-5-7-12/h10H,4-9,13H2,1-3H3.